The van der Waals surface area contributed by atoms with E-state index in [0.717, 1.165) is 29.7 Å². The largest absolute Gasteiger partial charge is 0.486 e. The van der Waals surface area contributed by atoms with Crippen LogP contribution in [0.1, 0.15) is 46.9 Å². The Labute approximate surface area is 166 Å². The predicted octanol–water partition coefficient (Wildman–Crippen LogP) is 3.91. The minimum Gasteiger partial charge on any atom is -0.486 e. The first-order valence-electron chi connectivity index (χ1n) is 9.43. The quantitative estimate of drug-likeness (QED) is 0.623. The summed E-state index contributed by atoms with van der Waals surface area (Å²) in [7, 11) is 0. The predicted molar refractivity (Wildman–Crippen MR) is 109 cm³/mol. The lowest BCUT2D eigenvalue weighted by Gasteiger charge is -2.16. The van der Waals surface area contributed by atoms with Gasteiger partial charge in [0.15, 0.2) is 11.0 Å². The molecule has 1 atom stereocenters. The van der Waals surface area contributed by atoms with Crippen molar-refractivity contribution in [2.24, 2.45) is 5.92 Å². The highest BCUT2D eigenvalue weighted by Gasteiger charge is 2.21. The molecule has 1 N–H and O–H groups in total. The van der Waals surface area contributed by atoms with Crippen LogP contribution < -0.4 is 10.1 Å². The van der Waals surface area contributed by atoms with Gasteiger partial charge in [0.1, 0.15) is 12.4 Å². The van der Waals surface area contributed by atoms with E-state index >= 15 is 0 Å². The number of ether oxygens (including phenoxy) is 1. The van der Waals surface area contributed by atoms with Gasteiger partial charge in [-0.2, -0.15) is 0 Å². The van der Waals surface area contributed by atoms with Crippen molar-refractivity contribution in [2.75, 3.05) is 0 Å². The number of carbonyl (C=O) groups is 1. The Kier molecular flexibility index (Phi) is 8.16. The van der Waals surface area contributed by atoms with Crippen molar-refractivity contribution in [1.82, 2.24) is 20.1 Å². The Hall–Kier alpha value is -2.02. The molecule has 0 saturated heterocycles. The van der Waals surface area contributed by atoms with E-state index in [2.05, 4.69) is 33.9 Å². The molecule has 0 aliphatic rings. The van der Waals surface area contributed by atoms with Gasteiger partial charge >= 0.3 is 0 Å². The molecule has 148 valence electrons. The molecular formula is C20H30N4O2S. The lowest BCUT2D eigenvalue weighted by Crippen LogP contribution is -2.36. The molecule has 0 aliphatic carbocycles. The van der Waals surface area contributed by atoms with Gasteiger partial charge in [0.25, 0.3) is 0 Å². The summed E-state index contributed by atoms with van der Waals surface area (Å²) < 4.78 is 7.92. The Balaban J connectivity index is 2.11. The van der Waals surface area contributed by atoms with E-state index in [1.807, 2.05) is 51.1 Å². The summed E-state index contributed by atoms with van der Waals surface area (Å²) in [5, 5.41) is 12.1. The number of thioether (sulfide) groups is 1. The highest BCUT2D eigenvalue weighted by molar-refractivity contribution is 8.00. The third-order valence-electron chi connectivity index (χ3n) is 3.92. The molecule has 1 heterocycles. The molecule has 6 nitrogen and oxygen atoms in total. The van der Waals surface area contributed by atoms with Crippen LogP contribution in [-0.4, -0.2) is 32.0 Å². The first-order chi connectivity index (χ1) is 12.9. The Morgan fingerprint density at radius 1 is 1.15 bits per heavy atom. The number of nitrogens with zero attached hydrogens (tertiary/aromatic N) is 3. The van der Waals surface area contributed by atoms with E-state index in [1.54, 1.807) is 0 Å². The second kappa shape index (κ2) is 10.3. The van der Waals surface area contributed by atoms with Crippen LogP contribution in [0.25, 0.3) is 0 Å². The Morgan fingerprint density at radius 2 is 1.85 bits per heavy atom. The second-order valence-electron chi connectivity index (χ2n) is 7.26. The number of benzene rings is 1. The van der Waals surface area contributed by atoms with Crippen LogP contribution in [0.5, 0.6) is 5.75 Å². The van der Waals surface area contributed by atoms with Gasteiger partial charge in [0.05, 0.1) is 5.25 Å². The van der Waals surface area contributed by atoms with E-state index in [1.165, 1.54) is 11.8 Å². The van der Waals surface area contributed by atoms with Crippen molar-refractivity contribution in [3.05, 3.63) is 36.2 Å². The maximum Gasteiger partial charge on any atom is 0.233 e. The van der Waals surface area contributed by atoms with E-state index < -0.39 is 0 Å². The molecule has 2 rings (SSSR count). The SMILES string of the molecule is CC(C)CCn1c(COc2ccccc2)nnc1SC(C)C(=O)NC(C)C. The van der Waals surface area contributed by atoms with E-state index in [4.69, 9.17) is 4.74 Å². The molecular weight excluding hydrogens is 360 g/mol. The van der Waals surface area contributed by atoms with Crippen molar-refractivity contribution in [2.45, 2.75) is 70.6 Å². The molecule has 1 aromatic heterocycles. The highest BCUT2D eigenvalue weighted by Crippen LogP contribution is 2.24. The molecule has 0 fully saturated rings. The molecule has 0 aliphatic heterocycles. The number of nitrogens with one attached hydrogen (secondary N) is 1. The van der Waals surface area contributed by atoms with Crippen molar-refractivity contribution in [1.29, 1.82) is 0 Å². The van der Waals surface area contributed by atoms with Crippen LogP contribution in [0.2, 0.25) is 0 Å². The summed E-state index contributed by atoms with van der Waals surface area (Å²) in [5.74, 6) is 2.15. The van der Waals surface area contributed by atoms with Gasteiger partial charge in [-0.05, 0) is 45.2 Å². The number of rotatable bonds is 10. The molecule has 7 heteroatoms. The van der Waals surface area contributed by atoms with Crippen LogP contribution in [0.4, 0.5) is 0 Å². The van der Waals surface area contributed by atoms with E-state index in [0.29, 0.717) is 12.5 Å². The minimum atomic E-state index is -0.239. The van der Waals surface area contributed by atoms with Crippen LogP contribution in [0.3, 0.4) is 0 Å². The second-order valence-corrected chi connectivity index (χ2v) is 8.57. The fourth-order valence-electron chi connectivity index (χ4n) is 2.40. The summed E-state index contributed by atoms with van der Waals surface area (Å²) in [6.45, 7) is 11.3. The van der Waals surface area contributed by atoms with Crippen molar-refractivity contribution >= 4 is 17.7 Å². The molecule has 0 radical (unpaired) electrons. The van der Waals surface area contributed by atoms with E-state index in [9.17, 15) is 4.79 Å². The fraction of sp³-hybridized carbons (Fsp3) is 0.550. The number of amides is 1. The summed E-state index contributed by atoms with van der Waals surface area (Å²) >= 11 is 1.44. The Morgan fingerprint density at radius 3 is 2.48 bits per heavy atom. The number of carbonyl (C=O) groups excluding carboxylic acids is 1. The van der Waals surface area contributed by atoms with Crippen LogP contribution in [0.15, 0.2) is 35.5 Å². The zero-order chi connectivity index (χ0) is 19.8. The lowest BCUT2D eigenvalue weighted by atomic mass is 10.1. The highest BCUT2D eigenvalue weighted by atomic mass is 32.2. The van der Waals surface area contributed by atoms with E-state index in [-0.39, 0.29) is 17.2 Å². The molecule has 1 aromatic carbocycles. The standard InChI is InChI=1S/C20H30N4O2S/c1-14(2)11-12-24-18(13-26-17-9-7-6-8-10-17)22-23-20(24)27-16(5)19(25)21-15(3)4/h6-10,14-16H,11-13H2,1-5H3,(H,21,25). The van der Waals surface area contributed by atoms with Crippen molar-refractivity contribution in [3.8, 4) is 5.75 Å². The summed E-state index contributed by atoms with van der Waals surface area (Å²) in [4.78, 5) is 12.2. The molecule has 0 saturated carbocycles. The summed E-state index contributed by atoms with van der Waals surface area (Å²) in [6, 6.07) is 9.79. The maximum atomic E-state index is 12.2. The number of aromatic nitrogens is 3. The number of hydrogen-bond donors (Lipinski definition) is 1. The van der Waals surface area contributed by atoms with Crippen LogP contribution >= 0.6 is 11.8 Å². The zero-order valence-corrected chi connectivity index (χ0v) is 17.6. The van der Waals surface area contributed by atoms with Crippen LogP contribution in [-0.2, 0) is 17.9 Å². The van der Waals surface area contributed by atoms with Crippen LogP contribution in [0, 0.1) is 5.92 Å². The summed E-state index contributed by atoms with van der Waals surface area (Å²) in [6.07, 6.45) is 1.01. The van der Waals surface area contributed by atoms with Crippen molar-refractivity contribution in [3.63, 3.8) is 0 Å². The third kappa shape index (κ3) is 6.90. The monoisotopic (exact) mass is 390 g/mol. The van der Waals surface area contributed by atoms with Gasteiger partial charge in [-0.3, -0.25) is 4.79 Å². The molecule has 2 aromatic rings. The average Bonchev–Trinajstić information content (AvgIpc) is 3.00. The first kappa shape index (κ1) is 21.3. The van der Waals surface area contributed by atoms with Crippen molar-refractivity contribution < 1.29 is 9.53 Å². The number of para-hydroxylation sites is 1. The minimum absolute atomic E-state index is 0.00972. The molecule has 0 bridgehead atoms. The van der Waals surface area contributed by atoms with Gasteiger partial charge < -0.3 is 14.6 Å². The Bertz CT molecular complexity index is 716. The smallest absolute Gasteiger partial charge is 0.233 e. The first-order valence-corrected chi connectivity index (χ1v) is 10.3. The molecule has 1 unspecified atom stereocenters. The zero-order valence-electron chi connectivity index (χ0n) is 16.8. The van der Waals surface area contributed by atoms with Gasteiger partial charge in [-0.15, -0.1) is 10.2 Å². The summed E-state index contributed by atoms with van der Waals surface area (Å²) in [5.41, 5.74) is 0. The molecule has 0 spiro atoms. The van der Waals surface area contributed by atoms with Gasteiger partial charge in [-0.1, -0.05) is 43.8 Å². The maximum absolute atomic E-state index is 12.2. The average molecular weight is 391 g/mol. The lowest BCUT2D eigenvalue weighted by molar-refractivity contribution is -0.120. The number of hydrogen-bond acceptors (Lipinski definition) is 5. The normalized spacial score (nSPS) is 12.4. The van der Waals surface area contributed by atoms with Gasteiger partial charge in [0.2, 0.25) is 5.91 Å². The van der Waals surface area contributed by atoms with Gasteiger partial charge in [0, 0.05) is 12.6 Å². The third-order valence-corrected chi connectivity index (χ3v) is 5.00. The van der Waals surface area contributed by atoms with Gasteiger partial charge in [-0.25, -0.2) is 0 Å². The molecule has 27 heavy (non-hydrogen) atoms. The fourth-order valence-corrected chi connectivity index (χ4v) is 3.31. The topological polar surface area (TPSA) is 69.0 Å². The molecule has 1 amide bonds.